The molecule has 0 saturated carbocycles. The second-order valence-corrected chi connectivity index (χ2v) is 8.23. The minimum absolute atomic E-state index is 0.0135. The van der Waals surface area contributed by atoms with Crippen LogP contribution in [0, 0.1) is 0 Å². The zero-order valence-electron chi connectivity index (χ0n) is 19.6. The van der Waals surface area contributed by atoms with Crippen LogP contribution in [0.2, 0.25) is 0 Å². The number of hydrogen-bond donors (Lipinski definition) is 2. The van der Waals surface area contributed by atoms with Gasteiger partial charge in [0.05, 0.1) is 0 Å². The monoisotopic (exact) mass is 444 g/mol. The Kier molecular flexibility index (Phi) is 9.56. The van der Waals surface area contributed by atoms with E-state index in [-0.39, 0.29) is 29.9 Å². The second kappa shape index (κ2) is 12.1. The van der Waals surface area contributed by atoms with Crippen LogP contribution in [0.1, 0.15) is 71.3 Å². The molecule has 0 radical (unpaired) electrons. The molecule has 0 aliphatic heterocycles. The molecule has 2 rings (SSSR count). The first-order valence-electron chi connectivity index (χ1n) is 11.5. The number of nitrogens with zero attached hydrogens (tertiary/aromatic N) is 2. The molecule has 0 saturated heterocycles. The van der Waals surface area contributed by atoms with Gasteiger partial charge in [-0.2, -0.15) is 0 Å². The van der Waals surface area contributed by atoms with Crippen molar-refractivity contribution in [2.45, 2.75) is 72.3 Å². The SMILES string of the molecule is CCCCCN(C(=O)COc1ccccc1C(C)C)c1c(N)n(CCCC)c(=O)[nH]c1=O. The number of rotatable bonds is 12. The fourth-order valence-electron chi connectivity index (χ4n) is 3.56. The van der Waals surface area contributed by atoms with Gasteiger partial charge in [-0.05, 0) is 30.4 Å². The van der Waals surface area contributed by atoms with Crippen LogP contribution in [0.25, 0.3) is 0 Å². The number of anilines is 2. The number of nitrogens with two attached hydrogens (primary N) is 1. The van der Waals surface area contributed by atoms with Crippen LogP contribution in [-0.2, 0) is 11.3 Å². The van der Waals surface area contributed by atoms with Crippen LogP contribution in [0.4, 0.5) is 11.5 Å². The first-order chi connectivity index (χ1) is 15.3. The molecule has 0 aliphatic rings. The molecule has 0 unspecified atom stereocenters. The number of H-pyrrole nitrogens is 1. The molecule has 0 atom stereocenters. The molecule has 2 aromatic rings. The number of amides is 1. The summed E-state index contributed by atoms with van der Waals surface area (Å²) in [6.07, 6.45) is 4.16. The molecule has 32 heavy (non-hydrogen) atoms. The van der Waals surface area contributed by atoms with Crippen molar-refractivity contribution in [3.63, 3.8) is 0 Å². The largest absolute Gasteiger partial charge is 0.483 e. The van der Waals surface area contributed by atoms with E-state index in [1.165, 1.54) is 9.47 Å². The summed E-state index contributed by atoms with van der Waals surface area (Å²) in [6.45, 7) is 8.64. The fourth-order valence-corrected chi connectivity index (χ4v) is 3.56. The van der Waals surface area contributed by atoms with E-state index in [1.54, 1.807) is 0 Å². The van der Waals surface area contributed by atoms with Gasteiger partial charge in [-0.25, -0.2) is 4.79 Å². The zero-order valence-corrected chi connectivity index (χ0v) is 19.6. The third-order valence-electron chi connectivity index (χ3n) is 5.40. The maximum atomic E-state index is 13.2. The molecule has 8 heteroatoms. The summed E-state index contributed by atoms with van der Waals surface area (Å²) in [6, 6.07) is 7.59. The molecule has 176 valence electrons. The lowest BCUT2D eigenvalue weighted by atomic mass is 10.0. The minimum atomic E-state index is -0.660. The normalized spacial score (nSPS) is 11.0. The van der Waals surface area contributed by atoms with Crippen molar-refractivity contribution in [3.05, 3.63) is 50.7 Å². The van der Waals surface area contributed by atoms with Gasteiger partial charge in [0.15, 0.2) is 12.3 Å². The van der Waals surface area contributed by atoms with Crippen LogP contribution in [0.5, 0.6) is 5.75 Å². The van der Waals surface area contributed by atoms with E-state index in [0.717, 1.165) is 31.2 Å². The Labute approximate surface area is 189 Å². The third-order valence-corrected chi connectivity index (χ3v) is 5.40. The number of hydrogen-bond acceptors (Lipinski definition) is 5. The predicted molar refractivity (Wildman–Crippen MR) is 129 cm³/mol. The van der Waals surface area contributed by atoms with Crippen molar-refractivity contribution in [2.75, 3.05) is 23.8 Å². The number of nitrogen functional groups attached to an aromatic ring is 1. The maximum Gasteiger partial charge on any atom is 0.330 e. The van der Waals surface area contributed by atoms with Gasteiger partial charge in [-0.15, -0.1) is 0 Å². The van der Waals surface area contributed by atoms with E-state index in [0.29, 0.717) is 25.3 Å². The molecule has 1 aromatic carbocycles. The Morgan fingerprint density at radius 3 is 2.47 bits per heavy atom. The predicted octanol–water partition coefficient (Wildman–Crippen LogP) is 3.64. The minimum Gasteiger partial charge on any atom is -0.483 e. The third kappa shape index (κ3) is 6.24. The molecule has 0 spiro atoms. The highest BCUT2D eigenvalue weighted by Crippen LogP contribution is 2.26. The number of aromatic amines is 1. The van der Waals surface area contributed by atoms with E-state index in [9.17, 15) is 14.4 Å². The van der Waals surface area contributed by atoms with E-state index in [4.69, 9.17) is 10.5 Å². The average Bonchev–Trinajstić information content (AvgIpc) is 2.76. The summed E-state index contributed by atoms with van der Waals surface area (Å²) in [4.78, 5) is 41.9. The van der Waals surface area contributed by atoms with Crippen molar-refractivity contribution >= 4 is 17.4 Å². The number of unbranched alkanes of at least 4 members (excludes halogenated alkanes) is 3. The standard InChI is InChI=1S/C24H36N4O4/c1-5-7-11-15-27(20(29)16-32-19-13-10-9-12-18(19)17(3)4)21-22(25)28(14-8-6-2)24(31)26-23(21)30/h9-10,12-13,17H,5-8,11,14-16,25H2,1-4H3,(H,26,30,31). The molecular formula is C24H36N4O4. The summed E-state index contributed by atoms with van der Waals surface area (Å²) in [5, 5.41) is 0. The highest BCUT2D eigenvalue weighted by Gasteiger charge is 2.24. The van der Waals surface area contributed by atoms with E-state index in [2.05, 4.69) is 25.8 Å². The summed E-state index contributed by atoms with van der Waals surface area (Å²) < 4.78 is 7.18. The summed E-state index contributed by atoms with van der Waals surface area (Å²) >= 11 is 0. The molecule has 3 N–H and O–H groups in total. The number of carbonyl (C=O) groups excluding carboxylic acids is 1. The molecule has 1 heterocycles. The second-order valence-electron chi connectivity index (χ2n) is 8.23. The van der Waals surface area contributed by atoms with Crippen molar-refractivity contribution in [2.24, 2.45) is 0 Å². The topological polar surface area (TPSA) is 110 Å². The van der Waals surface area contributed by atoms with Gasteiger partial charge in [-0.3, -0.25) is 19.1 Å². The van der Waals surface area contributed by atoms with Gasteiger partial charge in [0.1, 0.15) is 11.6 Å². The van der Waals surface area contributed by atoms with Crippen LogP contribution >= 0.6 is 0 Å². The van der Waals surface area contributed by atoms with Crippen LogP contribution < -0.4 is 26.6 Å². The van der Waals surface area contributed by atoms with Crippen molar-refractivity contribution in [1.29, 1.82) is 0 Å². The highest BCUT2D eigenvalue weighted by atomic mass is 16.5. The smallest absolute Gasteiger partial charge is 0.330 e. The van der Waals surface area contributed by atoms with Gasteiger partial charge in [0.2, 0.25) is 0 Å². The Balaban J connectivity index is 2.37. The molecule has 0 fully saturated rings. The summed E-state index contributed by atoms with van der Waals surface area (Å²) in [5.74, 6) is 0.513. The Bertz CT molecular complexity index is 1010. The number of carbonyl (C=O) groups is 1. The number of benzene rings is 1. The molecule has 8 nitrogen and oxygen atoms in total. The van der Waals surface area contributed by atoms with Crippen LogP contribution in [-0.4, -0.2) is 28.6 Å². The van der Waals surface area contributed by atoms with Gasteiger partial charge >= 0.3 is 5.69 Å². The quantitative estimate of drug-likeness (QED) is 0.486. The summed E-state index contributed by atoms with van der Waals surface area (Å²) in [7, 11) is 0. The molecule has 1 amide bonds. The van der Waals surface area contributed by atoms with E-state index in [1.807, 2.05) is 31.2 Å². The molecular weight excluding hydrogens is 408 g/mol. The van der Waals surface area contributed by atoms with Crippen molar-refractivity contribution < 1.29 is 9.53 Å². The van der Waals surface area contributed by atoms with Crippen molar-refractivity contribution in [1.82, 2.24) is 9.55 Å². The highest BCUT2D eigenvalue weighted by molar-refractivity contribution is 5.96. The molecule has 0 bridgehead atoms. The lowest BCUT2D eigenvalue weighted by Gasteiger charge is -2.25. The number of aromatic nitrogens is 2. The zero-order chi connectivity index (χ0) is 23.7. The Hall–Kier alpha value is -3.03. The lowest BCUT2D eigenvalue weighted by molar-refractivity contribution is -0.120. The van der Waals surface area contributed by atoms with Gasteiger partial charge in [0, 0.05) is 13.1 Å². The molecule has 1 aromatic heterocycles. The number of ether oxygens (including phenoxy) is 1. The Morgan fingerprint density at radius 1 is 1.12 bits per heavy atom. The van der Waals surface area contributed by atoms with Crippen LogP contribution in [0.15, 0.2) is 33.9 Å². The van der Waals surface area contributed by atoms with Crippen molar-refractivity contribution in [3.8, 4) is 5.75 Å². The average molecular weight is 445 g/mol. The van der Waals surface area contributed by atoms with Gasteiger partial charge in [-0.1, -0.05) is 65.2 Å². The first-order valence-corrected chi connectivity index (χ1v) is 11.5. The number of para-hydroxylation sites is 1. The van der Waals surface area contributed by atoms with E-state index >= 15 is 0 Å². The van der Waals surface area contributed by atoms with Crippen LogP contribution in [0.3, 0.4) is 0 Å². The number of nitrogens with one attached hydrogen (secondary N) is 1. The lowest BCUT2D eigenvalue weighted by Crippen LogP contribution is -2.43. The van der Waals surface area contributed by atoms with Gasteiger partial charge < -0.3 is 15.4 Å². The summed E-state index contributed by atoms with van der Waals surface area (Å²) in [5.41, 5.74) is 6.05. The first kappa shape index (κ1) is 25.2. The molecule has 0 aliphatic carbocycles. The fraction of sp³-hybridized carbons (Fsp3) is 0.542. The maximum absolute atomic E-state index is 13.2. The van der Waals surface area contributed by atoms with E-state index < -0.39 is 11.2 Å². The Morgan fingerprint density at radius 2 is 1.81 bits per heavy atom. The van der Waals surface area contributed by atoms with Gasteiger partial charge in [0.25, 0.3) is 11.5 Å².